The second-order valence-corrected chi connectivity index (χ2v) is 10.4. The summed E-state index contributed by atoms with van der Waals surface area (Å²) in [5.74, 6) is 0.550. The predicted molar refractivity (Wildman–Crippen MR) is 132 cm³/mol. The van der Waals surface area contributed by atoms with Gasteiger partial charge in [0.15, 0.2) is 0 Å². The Morgan fingerprint density at radius 2 is 2.03 bits per heavy atom. The molecule has 1 aliphatic rings. The highest BCUT2D eigenvalue weighted by molar-refractivity contribution is 7.09. The number of fused-ring (bicyclic) bond motifs is 1. The van der Waals surface area contributed by atoms with E-state index in [-0.39, 0.29) is 18.0 Å². The third-order valence-electron chi connectivity index (χ3n) is 5.63. The van der Waals surface area contributed by atoms with E-state index >= 15 is 0 Å². The highest BCUT2D eigenvalue weighted by atomic mass is 32.1. The summed E-state index contributed by atoms with van der Waals surface area (Å²) in [5.41, 5.74) is 1.72. The van der Waals surface area contributed by atoms with E-state index < -0.39 is 5.60 Å². The standard InChI is InChI=1S/C25H32N4O4S/c1-5-22-26-17(15-34-22)14-32-21-8-6-7-19-18(21)13-20(28-19)23(30)27-16-9-11-29(12-10-16)24(31)33-25(2,3)4/h6-8,13,15-16,28H,5,9-12,14H2,1-4H3,(H,27,30). The van der Waals surface area contributed by atoms with E-state index in [2.05, 4.69) is 22.2 Å². The molecule has 0 aliphatic carbocycles. The topological polar surface area (TPSA) is 96.5 Å². The molecule has 0 radical (unpaired) electrons. The molecule has 2 amide bonds. The molecule has 0 atom stereocenters. The highest BCUT2D eigenvalue weighted by Crippen LogP contribution is 2.27. The molecule has 3 heterocycles. The fourth-order valence-corrected chi connectivity index (χ4v) is 4.63. The van der Waals surface area contributed by atoms with Crippen LogP contribution in [0.1, 0.15) is 61.7 Å². The van der Waals surface area contributed by atoms with Crippen LogP contribution in [-0.2, 0) is 17.8 Å². The number of thiazole rings is 1. The van der Waals surface area contributed by atoms with E-state index in [4.69, 9.17) is 9.47 Å². The van der Waals surface area contributed by atoms with Crippen molar-refractivity contribution >= 4 is 34.2 Å². The third kappa shape index (κ3) is 5.88. The van der Waals surface area contributed by atoms with E-state index in [1.165, 1.54) is 0 Å². The molecule has 0 saturated carbocycles. The van der Waals surface area contributed by atoms with Gasteiger partial charge in [0.25, 0.3) is 5.91 Å². The van der Waals surface area contributed by atoms with Gasteiger partial charge in [-0.3, -0.25) is 4.79 Å². The number of carbonyl (C=O) groups excluding carboxylic acids is 2. The van der Waals surface area contributed by atoms with Crippen molar-refractivity contribution in [1.29, 1.82) is 0 Å². The Hall–Kier alpha value is -3.07. The Bertz CT molecular complexity index is 1160. The second kappa shape index (κ2) is 10.0. The number of hydrogen-bond acceptors (Lipinski definition) is 6. The summed E-state index contributed by atoms with van der Waals surface area (Å²) in [6.45, 7) is 9.16. The molecule has 1 fully saturated rings. The van der Waals surface area contributed by atoms with Crippen LogP contribution in [-0.4, -0.2) is 51.6 Å². The van der Waals surface area contributed by atoms with Gasteiger partial charge in [0.05, 0.1) is 10.7 Å². The van der Waals surface area contributed by atoms with Crippen LogP contribution in [0.3, 0.4) is 0 Å². The van der Waals surface area contributed by atoms with Crippen molar-refractivity contribution in [2.45, 2.75) is 65.2 Å². The first-order valence-electron chi connectivity index (χ1n) is 11.7. The molecular formula is C25H32N4O4S. The average Bonchev–Trinajstić information content (AvgIpc) is 3.44. The molecule has 3 aromatic rings. The molecule has 1 saturated heterocycles. The second-order valence-electron chi connectivity index (χ2n) is 9.49. The Labute approximate surface area is 203 Å². The van der Waals surface area contributed by atoms with Crippen molar-refractivity contribution in [3.8, 4) is 5.75 Å². The van der Waals surface area contributed by atoms with Crippen molar-refractivity contribution in [3.05, 3.63) is 46.0 Å². The van der Waals surface area contributed by atoms with Crippen LogP contribution in [0.4, 0.5) is 4.79 Å². The number of hydrogen-bond donors (Lipinski definition) is 2. The molecule has 2 aromatic heterocycles. The van der Waals surface area contributed by atoms with Gasteiger partial charge in [0.2, 0.25) is 0 Å². The van der Waals surface area contributed by atoms with Gasteiger partial charge < -0.3 is 24.7 Å². The number of aromatic amines is 1. The Morgan fingerprint density at radius 1 is 1.26 bits per heavy atom. The van der Waals surface area contributed by atoms with E-state index in [1.807, 2.05) is 50.4 Å². The normalized spacial score (nSPS) is 14.9. The lowest BCUT2D eigenvalue weighted by molar-refractivity contribution is 0.0199. The van der Waals surface area contributed by atoms with Gasteiger partial charge in [0, 0.05) is 35.4 Å². The van der Waals surface area contributed by atoms with E-state index in [0.29, 0.717) is 44.0 Å². The lowest BCUT2D eigenvalue weighted by Gasteiger charge is -2.33. The van der Waals surface area contributed by atoms with Gasteiger partial charge in [-0.15, -0.1) is 11.3 Å². The van der Waals surface area contributed by atoms with Crippen LogP contribution in [0, 0.1) is 0 Å². The Kier molecular flexibility index (Phi) is 7.11. The van der Waals surface area contributed by atoms with Crippen molar-refractivity contribution in [1.82, 2.24) is 20.2 Å². The summed E-state index contributed by atoms with van der Waals surface area (Å²) in [4.78, 5) is 34.6. The first-order chi connectivity index (χ1) is 16.2. The summed E-state index contributed by atoms with van der Waals surface area (Å²) < 4.78 is 11.5. The average molecular weight is 485 g/mol. The number of H-pyrrole nitrogens is 1. The van der Waals surface area contributed by atoms with E-state index in [0.717, 1.165) is 28.0 Å². The fraction of sp³-hybridized carbons (Fsp3) is 0.480. The zero-order valence-electron chi connectivity index (χ0n) is 20.1. The van der Waals surface area contributed by atoms with Gasteiger partial charge in [0.1, 0.15) is 23.7 Å². The van der Waals surface area contributed by atoms with Crippen LogP contribution < -0.4 is 10.1 Å². The number of ether oxygens (including phenoxy) is 2. The number of piperidine rings is 1. The minimum absolute atomic E-state index is 0.00532. The van der Waals surface area contributed by atoms with Crippen molar-refractivity contribution in [3.63, 3.8) is 0 Å². The van der Waals surface area contributed by atoms with Crippen LogP contribution in [0.5, 0.6) is 5.75 Å². The monoisotopic (exact) mass is 484 g/mol. The van der Waals surface area contributed by atoms with Gasteiger partial charge in [-0.2, -0.15) is 0 Å². The van der Waals surface area contributed by atoms with E-state index in [1.54, 1.807) is 16.2 Å². The summed E-state index contributed by atoms with van der Waals surface area (Å²) >= 11 is 1.64. The zero-order chi connectivity index (χ0) is 24.3. The third-order valence-corrected chi connectivity index (χ3v) is 6.67. The largest absolute Gasteiger partial charge is 0.487 e. The molecule has 0 spiro atoms. The number of amides is 2. The Balaban J connectivity index is 1.35. The summed E-state index contributed by atoms with van der Waals surface area (Å²) in [6, 6.07) is 7.56. The molecule has 2 N–H and O–H groups in total. The maximum Gasteiger partial charge on any atom is 0.410 e. The molecule has 1 aliphatic heterocycles. The number of benzene rings is 1. The number of carbonyl (C=O) groups is 2. The van der Waals surface area contributed by atoms with Crippen molar-refractivity contribution in [2.24, 2.45) is 0 Å². The first-order valence-corrected chi connectivity index (χ1v) is 12.6. The number of aryl methyl sites for hydroxylation is 1. The SMILES string of the molecule is CCc1nc(COc2cccc3[nH]c(C(=O)NC4CCN(C(=O)OC(C)(C)C)CC4)cc23)cs1. The molecule has 4 rings (SSSR count). The van der Waals surface area contributed by atoms with Crippen LogP contribution in [0.15, 0.2) is 29.6 Å². The number of aromatic nitrogens is 2. The smallest absolute Gasteiger partial charge is 0.410 e. The lowest BCUT2D eigenvalue weighted by Crippen LogP contribution is -2.47. The van der Waals surface area contributed by atoms with Crippen LogP contribution in [0.25, 0.3) is 10.9 Å². The minimum atomic E-state index is -0.515. The van der Waals surface area contributed by atoms with Crippen LogP contribution in [0.2, 0.25) is 0 Å². The van der Waals surface area contributed by atoms with Crippen molar-refractivity contribution < 1.29 is 19.1 Å². The van der Waals surface area contributed by atoms with Crippen LogP contribution >= 0.6 is 11.3 Å². The lowest BCUT2D eigenvalue weighted by atomic mass is 10.1. The summed E-state index contributed by atoms with van der Waals surface area (Å²) in [6.07, 6.45) is 1.99. The molecule has 9 heteroatoms. The van der Waals surface area contributed by atoms with Gasteiger partial charge in [-0.1, -0.05) is 13.0 Å². The summed E-state index contributed by atoms with van der Waals surface area (Å²) in [7, 11) is 0. The number of nitrogens with one attached hydrogen (secondary N) is 2. The number of likely N-dealkylation sites (tertiary alicyclic amines) is 1. The van der Waals surface area contributed by atoms with Gasteiger partial charge >= 0.3 is 6.09 Å². The molecular weight excluding hydrogens is 452 g/mol. The molecule has 8 nitrogen and oxygen atoms in total. The minimum Gasteiger partial charge on any atom is -0.487 e. The molecule has 0 bridgehead atoms. The Morgan fingerprint density at radius 3 is 2.71 bits per heavy atom. The highest BCUT2D eigenvalue weighted by Gasteiger charge is 2.28. The quantitative estimate of drug-likeness (QED) is 0.519. The summed E-state index contributed by atoms with van der Waals surface area (Å²) in [5, 5.41) is 7.06. The van der Waals surface area contributed by atoms with Gasteiger partial charge in [-0.25, -0.2) is 9.78 Å². The maximum absolute atomic E-state index is 12.9. The van der Waals surface area contributed by atoms with Crippen molar-refractivity contribution in [2.75, 3.05) is 13.1 Å². The number of rotatable bonds is 6. The molecule has 0 unspecified atom stereocenters. The molecule has 182 valence electrons. The fourth-order valence-electron chi connectivity index (χ4n) is 3.90. The first kappa shape index (κ1) is 24.1. The maximum atomic E-state index is 12.9. The van der Waals surface area contributed by atoms with Gasteiger partial charge in [-0.05, 0) is 58.2 Å². The predicted octanol–water partition coefficient (Wildman–Crippen LogP) is 4.90. The van der Waals surface area contributed by atoms with E-state index in [9.17, 15) is 9.59 Å². The molecule has 34 heavy (non-hydrogen) atoms. The molecule has 1 aromatic carbocycles. The zero-order valence-corrected chi connectivity index (χ0v) is 21.0. The number of nitrogens with zero attached hydrogens (tertiary/aromatic N) is 2.